The summed E-state index contributed by atoms with van der Waals surface area (Å²) in [5.74, 6) is 0.669. The zero-order chi connectivity index (χ0) is 20.8. The molecule has 0 N–H and O–H groups in total. The standard InChI is InChI=1S/C21H22FN7O/c1-13-10-23-14(2)20(26-13)27-8-5-15-11-28(19(15)12-27)21(30)17-9-16(22)3-4-18(17)29-24-6-7-25-29/h3-4,6-7,9-10,15,19H,5,8,11-12H2,1-2H3. The summed E-state index contributed by atoms with van der Waals surface area (Å²) >= 11 is 0. The Morgan fingerprint density at radius 2 is 1.97 bits per heavy atom. The quantitative estimate of drug-likeness (QED) is 0.662. The molecule has 9 heteroatoms. The number of amides is 1. The Morgan fingerprint density at radius 3 is 2.77 bits per heavy atom. The van der Waals surface area contributed by atoms with Crippen LogP contribution in [0.4, 0.5) is 10.2 Å². The second-order valence-corrected chi connectivity index (χ2v) is 7.92. The minimum Gasteiger partial charge on any atom is -0.353 e. The highest BCUT2D eigenvalue weighted by molar-refractivity contribution is 5.98. The van der Waals surface area contributed by atoms with E-state index in [9.17, 15) is 9.18 Å². The summed E-state index contributed by atoms with van der Waals surface area (Å²) in [7, 11) is 0. The first-order valence-corrected chi connectivity index (χ1v) is 10.0. The minimum atomic E-state index is -0.456. The van der Waals surface area contributed by atoms with Crippen LogP contribution in [0.15, 0.2) is 36.8 Å². The highest BCUT2D eigenvalue weighted by Crippen LogP contribution is 2.36. The van der Waals surface area contributed by atoms with Crippen molar-refractivity contribution in [1.29, 1.82) is 0 Å². The minimum absolute atomic E-state index is 0.0645. The molecule has 2 atom stereocenters. The third-order valence-corrected chi connectivity index (χ3v) is 5.99. The van der Waals surface area contributed by atoms with Crippen molar-refractivity contribution in [3.63, 3.8) is 0 Å². The molecule has 2 aliphatic rings. The van der Waals surface area contributed by atoms with Crippen molar-refractivity contribution in [3.8, 4) is 5.69 Å². The third kappa shape index (κ3) is 3.10. The fourth-order valence-corrected chi connectivity index (χ4v) is 4.40. The van der Waals surface area contributed by atoms with E-state index in [4.69, 9.17) is 0 Å². The molecular formula is C21H22FN7O. The summed E-state index contributed by atoms with van der Waals surface area (Å²) in [5, 5.41) is 8.20. The van der Waals surface area contributed by atoms with E-state index < -0.39 is 5.82 Å². The molecule has 2 unspecified atom stereocenters. The van der Waals surface area contributed by atoms with Crippen LogP contribution in [0.25, 0.3) is 5.69 Å². The topological polar surface area (TPSA) is 80.0 Å². The molecule has 0 saturated carbocycles. The van der Waals surface area contributed by atoms with E-state index in [2.05, 4.69) is 25.1 Å². The van der Waals surface area contributed by atoms with Gasteiger partial charge in [-0.25, -0.2) is 9.37 Å². The molecule has 1 amide bonds. The number of carbonyl (C=O) groups excluding carboxylic acids is 1. The average molecular weight is 407 g/mol. The third-order valence-electron chi connectivity index (χ3n) is 5.99. The number of halogens is 1. The second kappa shape index (κ2) is 7.16. The Balaban J connectivity index is 1.41. The molecule has 3 aromatic rings. The van der Waals surface area contributed by atoms with Gasteiger partial charge in [0.05, 0.1) is 41.1 Å². The first kappa shape index (κ1) is 18.7. The fraction of sp³-hybridized carbons (Fsp3) is 0.381. The zero-order valence-corrected chi connectivity index (χ0v) is 16.9. The SMILES string of the molecule is Cc1cnc(C)c(N2CCC3CN(C(=O)c4cc(F)ccc4-n4nccn4)C3C2)n1. The lowest BCUT2D eigenvalue weighted by Gasteiger charge is -2.53. The molecule has 0 spiro atoms. The van der Waals surface area contributed by atoms with Gasteiger partial charge in [-0.3, -0.25) is 9.78 Å². The van der Waals surface area contributed by atoms with E-state index in [0.717, 1.165) is 30.2 Å². The van der Waals surface area contributed by atoms with Crippen molar-refractivity contribution in [1.82, 2.24) is 29.9 Å². The van der Waals surface area contributed by atoms with Crippen LogP contribution in [0.5, 0.6) is 0 Å². The predicted molar refractivity (Wildman–Crippen MR) is 108 cm³/mol. The number of hydrogen-bond acceptors (Lipinski definition) is 6. The zero-order valence-electron chi connectivity index (χ0n) is 16.9. The summed E-state index contributed by atoms with van der Waals surface area (Å²) in [6.45, 7) is 6.15. The Labute approximate surface area is 173 Å². The number of fused-ring (bicyclic) bond motifs is 1. The van der Waals surface area contributed by atoms with Gasteiger partial charge in [0, 0.05) is 31.7 Å². The molecule has 154 valence electrons. The van der Waals surface area contributed by atoms with Gasteiger partial charge in [0.1, 0.15) is 11.6 Å². The maximum Gasteiger partial charge on any atom is 0.256 e. The van der Waals surface area contributed by atoms with Crippen LogP contribution < -0.4 is 4.90 Å². The molecule has 5 rings (SSSR count). The molecule has 0 aliphatic carbocycles. The van der Waals surface area contributed by atoms with Crippen LogP contribution in [0.3, 0.4) is 0 Å². The molecule has 0 radical (unpaired) electrons. The van der Waals surface area contributed by atoms with Crippen LogP contribution in [0.1, 0.15) is 28.2 Å². The van der Waals surface area contributed by atoms with E-state index in [-0.39, 0.29) is 17.5 Å². The summed E-state index contributed by atoms with van der Waals surface area (Å²) < 4.78 is 14.0. The monoisotopic (exact) mass is 407 g/mol. The highest BCUT2D eigenvalue weighted by atomic mass is 19.1. The molecule has 8 nitrogen and oxygen atoms in total. The maximum absolute atomic E-state index is 14.0. The number of aryl methyl sites for hydroxylation is 2. The number of carbonyl (C=O) groups is 1. The van der Waals surface area contributed by atoms with Gasteiger partial charge in [-0.05, 0) is 38.5 Å². The number of nitrogens with zero attached hydrogens (tertiary/aromatic N) is 7. The normalized spacial score (nSPS) is 20.6. The van der Waals surface area contributed by atoms with Gasteiger partial charge in [-0.1, -0.05) is 0 Å². The van der Waals surface area contributed by atoms with Crippen molar-refractivity contribution >= 4 is 11.7 Å². The molecule has 2 aromatic heterocycles. The van der Waals surface area contributed by atoms with Gasteiger partial charge in [0.25, 0.3) is 5.91 Å². The predicted octanol–water partition coefficient (Wildman–Crippen LogP) is 2.16. The lowest BCUT2D eigenvalue weighted by molar-refractivity contribution is 0.00772. The molecule has 1 aromatic carbocycles. The lowest BCUT2D eigenvalue weighted by Crippen LogP contribution is -2.66. The van der Waals surface area contributed by atoms with Crippen LogP contribution in [0, 0.1) is 25.6 Å². The second-order valence-electron chi connectivity index (χ2n) is 7.92. The van der Waals surface area contributed by atoms with Gasteiger partial charge >= 0.3 is 0 Å². The van der Waals surface area contributed by atoms with Crippen LogP contribution in [0.2, 0.25) is 0 Å². The summed E-state index contributed by atoms with van der Waals surface area (Å²) in [6, 6.07) is 4.19. The van der Waals surface area contributed by atoms with Gasteiger partial charge in [0.2, 0.25) is 0 Å². The Morgan fingerprint density at radius 1 is 1.17 bits per heavy atom. The molecule has 0 bridgehead atoms. The Hall–Kier alpha value is -3.36. The number of likely N-dealkylation sites (tertiary alicyclic amines) is 1. The van der Waals surface area contributed by atoms with Crippen molar-refractivity contribution in [2.75, 3.05) is 24.5 Å². The number of rotatable bonds is 3. The number of hydrogen-bond donors (Lipinski definition) is 0. The number of anilines is 1. The molecular weight excluding hydrogens is 385 g/mol. The summed E-state index contributed by atoms with van der Waals surface area (Å²) in [4.78, 5) is 27.8. The lowest BCUT2D eigenvalue weighted by atomic mass is 9.81. The summed E-state index contributed by atoms with van der Waals surface area (Å²) in [5.41, 5.74) is 2.50. The van der Waals surface area contributed by atoms with Crippen molar-refractivity contribution in [2.45, 2.75) is 26.3 Å². The molecule has 4 heterocycles. The fourth-order valence-electron chi connectivity index (χ4n) is 4.40. The first-order valence-electron chi connectivity index (χ1n) is 10.0. The van der Waals surface area contributed by atoms with Crippen molar-refractivity contribution in [3.05, 3.63) is 59.6 Å². The van der Waals surface area contributed by atoms with Crippen molar-refractivity contribution in [2.24, 2.45) is 5.92 Å². The number of aromatic nitrogens is 5. The van der Waals surface area contributed by atoms with E-state index in [1.807, 2.05) is 18.7 Å². The van der Waals surface area contributed by atoms with E-state index in [0.29, 0.717) is 24.7 Å². The van der Waals surface area contributed by atoms with E-state index in [1.165, 1.54) is 29.3 Å². The highest BCUT2D eigenvalue weighted by Gasteiger charge is 2.46. The van der Waals surface area contributed by atoms with Gasteiger partial charge in [-0.2, -0.15) is 15.0 Å². The van der Waals surface area contributed by atoms with Crippen LogP contribution >= 0.6 is 0 Å². The Bertz CT molecular complexity index is 1100. The molecule has 30 heavy (non-hydrogen) atoms. The van der Waals surface area contributed by atoms with Gasteiger partial charge < -0.3 is 9.80 Å². The van der Waals surface area contributed by atoms with Crippen LogP contribution in [-0.2, 0) is 0 Å². The molecule has 2 fully saturated rings. The Kier molecular flexibility index (Phi) is 4.45. The first-order chi connectivity index (χ1) is 14.5. The van der Waals surface area contributed by atoms with Gasteiger partial charge in [-0.15, -0.1) is 0 Å². The smallest absolute Gasteiger partial charge is 0.256 e. The summed E-state index contributed by atoms with van der Waals surface area (Å²) in [6.07, 6.45) is 5.81. The number of piperidine rings is 1. The van der Waals surface area contributed by atoms with E-state index >= 15 is 0 Å². The molecule has 2 aliphatic heterocycles. The van der Waals surface area contributed by atoms with Gasteiger partial charge in [0.15, 0.2) is 0 Å². The maximum atomic E-state index is 14.0. The van der Waals surface area contributed by atoms with E-state index in [1.54, 1.807) is 12.3 Å². The molecule has 2 saturated heterocycles. The van der Waals surface area contributed by atoms with Crippen LogP contribution in [-0.4, -0.2) is 61.4 Å². The number of benzene rings is 1. The largest absolute Gasteiger partial charge is 0.353 e. The average Bonchev–Trinajstić information content (AvgIpc) is 3.25. The van der Waals surface area contributed by atoms with Crippen molar-refractivity contribution < 1.29 is 9.18 Å².